The highest BCUT2D eigenvalue weighted by atomic mass is 19.4. The maximum atomic E-state index is 14.0. The van der Waals surface area contributed by atoms with Crippen LogP contribution < -0.4 is 5.73 Å². The highest BCUT2D eigenvalue weighted by molar-refractivity contribution is 5.99. The number of ether oxygens (including phenoxy) is 1. The maximum absolute atomic E-state index is 14.0. The lowest BCUT2D eigenvalue weighted by Gasteiger charge is -2.29. The highest BCUT2D eigenvalue weighted by Crippen LogP contribution is 2.59. The molecule has 1 aliphatic heterocycles. The fraction of sp³-hybridized carbons (Fsp3) is 0.464. The predicted molar refractivity (Wildman–Crippen MR) is 132 cm³/mol. The molecule has 1 amide bonds. The molecule has 2 atom stereocenters. The number of pyridine rings is 2. The first-order valence-corrected chi connectivity index (χ1v) is 12.8. The zero-order valence-electron chi connectivity index (χ0n) is 20.6. The Kier molecular flexibility index (Phi) is 5.67. The standard InChI is InChI=1S/C28H29F3N4O2/c1-16-24-21(15-37-16)20-11-17(5-8-22(20)34-25(24)32)26(36)35(23-12-27(23)9-3-2-4-10-27)14-19-7-6-18(13-33-19)28(29,30)31/h5-8,11,13,16,23H,2-4,9-10,12,14-15H2,1H3,(H2,32,34)/t16-,23-/m1/s1. The predicted octanol–water partition coefficient (Wildman–Crippen LogP) is 6.19. The monoisotopic (exact) mass is 510 g/mol. The topological polar surface area (TPSA) is 81.3 Å². The molecule has 194 valence electrons. The van der Waals surface area contributed by atoms with Gasteiger partial charge in [0.2, 0.25) is 0 Å². The van der Waals surface area contributed by atoms with Crippen LogP contribution in [0.4, 0.5) is 19.0 Å². The zero-order valence-corrected chi connectivity index (χ0v) is 20.6. The molecule has 2 aromatic heterocycles. The molecule has 6 nitrogen and oxygen atoms in total. The second kappa shape index (κ2) is 8.68. The van der Waals surface area contributed by atoms with Gasteiger partial charge in [-0.05, 0) is 67.5 Å². The van der Waals surface area contributed by atoms with E-state index in [2.05, 4.69) is 9.97 Å². The molecule has 0 bridgehead atoms. The summed E-state index contributed by atoms with van der Waals surface area (Å²) < 4.78 is 45.0. The number of carbonyl (C=O) groups excluding carboxylic acids is 1. The third-order valence-corrected chi connectivity index (χ3v) is 8.41. The first kappa shape index (κ1) is 24.2. The van der Waals surface area contributed by atoms with Gasteiger partial charge in [-0.2, -0.15) is 13.2 Å². The van der Waals surface area contributed by atoms with Crippen molar-refractivity contribution in [2.45, 2.75) is 76.9 Å². The Balaban J connectivity index is 1.35. The third-order valence-electron chi connectivity index (χ3n) is 8.41. The van der Waals surface area contributed by atoms with E-state index in [1.54, 1.807) is 12.1 Å². The Bertz CT molecular complexity index is 1370. The van der Waals surface area contributed by atoms with Gasteiger partial charge in [-0.1, -0.05) is 19.3 Å². The minimum absolute atomic E-state index is 0.0544. The van der Waals surface area contributed by atoms with Crippen molar-refractivity contribution >= 4 is 22.6 Å². The molecule has 3 heterocycles. The Morgan fingerprint density at radius 3 is 2.68 bits per heavy atom. The van der Waals surface area contributed by atoms with Crippen molar-refractivity contribution in [1.82, 2.24) is 14.9 Å². The van der Waals surface area contributed by atoms with E-state index in [0.717, 1.165) is 60.9 Å². The summed E-state index contributed by atoms with van der Waals surface area (Å²) in [6.45, 7) is 2.50. The summed E-state index contributed by atoms with van der Waals surface area (Å²) in [5, 5.41) is 0.843. The van der Waals surface area contributed by atoms with Gasteiger partial charge in [-0.15, -0.1) is 0 Å². The zero-order chi connectivity index (χ0) is 25.9. The highest BCUT2D eigenvalue weighted by Gasteiger charge is 2.57. The van der Waals surface area contributed by atoms with Gasteiger partial charge >= 0.3 is 6.18 Å². The number of carbonyl (C=O) groups is 1. The largest absolute Gasteiger partial charge is 0.417 e. The van der Waals surface area contributed by atoms with Gasteiger partial charge in [-0.25, -0.2) is 4.98 Å². The number of hydrogen-bond acceptors (Lipinski definition) is 5. The number of nitrogen functional groups attached to an aromatic ring is 1. The molecule has 0 radical (unpaired) electrons. The summed E-state index contributed by atoms with van der Waals surface area (Å²) in [6, 6.07) is 7.88. The lowest BCUT2D eigenvalue weighted by molar-refractivity contribution is -0.137. The van der Waals surface area contributed by atoms with Crippen LogP contribution in [0.5, 0.6) is 0 Å². The number of halogens is 3. The van der Waals surface area contributed by atoms with Crippen molar-refractivity contribution in [2.75, 3.05) is 5.73 Å². The molecule has 0 saturated heterocycles. The Morgan fingerprint density at radius 1 is 1.19 bits per heavy atom. The summed E-state index contributed by atoms with van der Waals surface area (Å²) in [4.78, 5) is 24.4. The van der Waals surface area contributed by atoms with Gasteiger partial charge < -0.3 is 15.4 Å². The van der Waals surface area contributed by atoms with E-state index in [1.165, 1.54) is 12.5 Å². The van der Waals surface area contributed by atoms with Crippen LogP contribution in [0.3, 0.4) is 0 Å². The second-order valence-electron chi connectivity index (χ2n) is 10.7. The van der Waals surface area contributed by atoms with Crippen molar-refractivity contribution in [2.24, 2.45) is 5.41 Å². The number of anilines is 1. The van der Waals surface area contributed by atoms with Gasteiger partial charge in [0.05, 0.1) is 36.0 Å². The van der Waals surface area contributed by atoms with Crippen LogP contribution in [0.2, 0.25) is 0 Å². The molecular weight excluding hydrogens is 481 g/mol. The normalized spacial score (nSPS) is 22.3. The SMILES string of the molecule is C[C@H]1OCc2c1c(N)nc1ccc(C(=O)N(Cc3ccc(C(F)(F)F)cn3)[C@@H]3CC34CCCCC4)cc21. The van der Waals surface area contributed by atoms with Gasteiger partial charge in [0.1, 0.15) is 5.82 Å². The summed E-state index contributed by atoms with van der Waals surface area (Å²) in [6.07, 6.45) is 2.80. The van der Waals surface area contributed by atoms with E-state index in [4.69, 9.17) is 10.5 Å². The summed E-state index contributed by atoms with van der Waals surface area (Å²) in [7, 11) is 0. The number of alkyl halides is 3. The average Bonchev–Trinajstić information content (AvgIpc) is 3.39. The summed E-state index contributed by atoms with van der Waals surface area (Å²) in [5.74, 6) is 0.299. The molecule has 1 spiro atoms. The van der Waals surface area contributed by atoms with Crippen LogP contribution in [-0.4, -0.2) is 26.8 Å². The molecule has 2 N–H and O–H groups in total. The number of amides is 1. The second-order valence-corrected chi connectivity index (χ2v) is 10.7. The number of nitrogens with two attached hydrogens (primary N) is 1. The number of nitrogens with zero attached hydrogens (tertiary/aromatic N) is 3. The van der Waals surface area contributed by atoms with Crippen molar-refractivity contribution in [3.63, 3.8) is 0 Å². The van der Waals surface area contributed by atoms with Crippen LogP contribution in [-0.2, 0) is 24.1 Å². The van der Waals surface area contributed by atoms with E-state index < -0.39 is 11.7 Å². The minimum atomic E-state index is -4.45. The van der Waals surface area contributed by atoms with Gasteiger partial charge in [0.25, 0.3) is 5.91 Å². The molecule has 2 aliphatic carbocycles. The van der Waals surface area contributed by atoms with E-state index in [9.17, 15) is 18.0 Å². The molecule has 2 saturated carbocycles. The molecule has 37 heavy (non-hydrogen) atoms. The van der Waals surface area contributed by atoms with E-state index in [0.29, 0.717) is 29.2 Å². The number of benzene rings is 1. The molecule has 1 aromatic carbocycles. The lowest BCUT2D eigenvalue weighted by Crippen LogP contribution is -2.36. The number of fused-ring (bicyclic) bond motifs is 3. The van der Waals surface area contributed by atoms with Crippen molar-refractivity contribution < 1.29 is 22.7 Å². The summed E-state index contributed by atoms with van der Waals surface area (Å²) in [5.41, 5.74) is 8.98. The molecule has 6 rings (SSSR count). The van der Waals surface area contributed by atoms with Crippen molar-refractivity contribution in [3.05, 3.63) is 64.5 Å². The minimum Gasteiger partial charge on any atom is -0.383 e. The van der Waals surface area contributed by atoms with Crippen LogP contribution in [0, 0.1) is 5.41 Å². The Labute approximate surface area is 213 Å². The number of rotatable bonds is 4. The molecule has 9 heteroatoms. The Hall–Kier alpha value is -3.20. The smallest absolute Gasteiger partial charge is 0.383 e. The fourth-order valence-corrected chi connectivity index (χ4v) is 6.31. The first-order chi connectivity index (χ1) is 17.7. The molecule has 3 aromatic rings. The van der Waals surface area contributed by atoms with E-state index in [-0.39, 0.29) is 30.0 Å². The molecule has 3 aliphatic rings. The van der Waals surface area contributed by atoms with Crippen molar-refractivity contribution in [3.8, 4) is 0 Å². The van der Waals surface area contributed by atoms with Crippen LogP contribution in [0.15, 0.2) is 36.5 Å². The van der Waals surface area contributed by atoms with Gasteiger partial charge in [0.15, 0.2) is 0 Å². The molecule has 0 unspecified atom stereocenters. The van der Waals surface area contributed by atoms with Crippen LogP contribution in [0.1, 0.15) is 84.3 Å². The number of aromatic nitrogens is 2. The molecule has 2 fully saturated rings. The van der Waals surface area contributed by atoms with Gasteiger partial charge in [-0.3, -0.25) is 9.78 Å². The summed E-state index contributed by atoms with van der Waals surface area (Å²) >= 11 is 0. The molecular formula is C28H29F3N4O2. The quantitative estimate of drug-likeness (QED) is 0.453. The van der Waals surface area contributed by atoms with Crippen molar-refractivity contribution in [1.29, 1.82) is 0 Å². The lowest BCUT2D eigenvalue weighted by atomic mass is 9.85. The van der Waals surface area contributed by atoms with Gasteiger partial charge in [0, 0.05) is 28.8 Å². The Morgan fingerprint density at radius 2 is 1.97 bits per heavy atom. The van der Waals surface area contributed by atoms with Crippen LogP contribution >= 0.6 is 0 Å². The third kappa shape index (κ3) is 4.23. The maximum Gasteiger partial charge on any atom is 0.417 e. The van der Waals surface area contributed by atoms with Crippen LogP contribution in [0.25, 0.3) is 10.9 Å². The number of hydrogen-bond donors (Lipinski definition) is 1. The van der Waals surface area contributed by atoms with E-state index >= 15 is 0 Å². The fourth-order valence-electron chi connectivity index (χ4n) is 6.31. The average molecular weight is 511 g/mol. The first-order valence-electron chi connectivity index (χ1n) is 12.8. The van der Waals surface area contributed by atoms with E-state index in [1.807, 2.05) is 17.9 Å².